The number of halogens is 2. The lowest BCUT2D eigenvalue weighted by Gasteiger charge is -1.97. The van der Waals surface area contributed by atoms with Crippen molar-refractivity contribution in [2.24, 2.45) is 0 Å². The summed E-state index contributed by atoms with van der Waals surface area (Å²) in [4.78, 5) is 0. The predicted octanol–water partition coefficient (Wildman–Crippen LogP) is 2.36. The molecule has 0 amide bonds. The highest BCUT2D eigenvalue weighted by Crippen LogP contribution is 2.11. The maximum Gasteiger partial charge on any atom is 0.133 e. The Kier molecular flexibility index (Phi) is 3.14. The summed E-state index contributed by atoms with van der Waals surface area (Å²) in [5.41, 5.74) is 0.266. The van der Waals surface area contributed by atoms with Crippen molar-refractivity contribution in [1.82, 2.24) is 0 Å². The molecule has 0 heterocycles. The van der Waals surface area contributed by atoms with E-state index in [1.807, 2.05) is 0 Å². The molecule has 13 heavy (non-hydrogen) atoms. The first kappa shape index (κ1) is 9.86. The van der Waals surface area contributed by atoms with E-state index in [2.05, 4.69) is 0 Å². The van der Waals surface area contributed by atoms with Crippen LogP contribution in [0.25, 0.3) is 6.08 Å². The molecule has 0 spiro atoms. The highest BCUT2D eigenvalue weighted by atomic mass is 19.1. The zero-order valence-electron chi connectivity index (χ0n) is 7.17. The Bertz CT molecular complexity index is 319. The van der Waals surface area contributed by atoms with Crippen molar-refractivity contribution in [2.75, 3.05) is 0 Å². The summed E-state index contributed by atoms with van der Waals surface area (Å²) in [5, 5.41) is 8.88. The zero-order valence-corrected chi connectivity index (χ0v) is 7.17. The van der Waals surface area contributed by atoms with Crippen LogP contribution in [0.1, 0.15) is 12.5 Å². The first-order valence-corrected chi connectivity index (χ1v) is 3.91. The summed E-state index contributed by atoms with van der Waals surface area (Å²) in [5.74, 6) is -1.23. The fraction of sp³-hybridized carbons (Fsp3) is 0.200. The number of aliphatic hydroxyl groups excluding tert-OH is 1. The molecule has 3 heteroatoms. The van der Waals surface area contributed by atoms with Crippen LogP contribution in [0.4, 0.5) is 8.78 Å². The van der Waals surface area contributed by atoms with Gasteiger partial charge in [0.25, 0.3) is 0 Å². The second-order valence-corrected chi connectivity index (χ2v) is 2.77. The Hall–Kier alpha value is -1.22. The highest BCUT2D eigenvalue weighted by molar-refractivity contribution is 5.50. The smallest absolute Gasteiger partial charge is 0.133 e. The van der Waals surface area contributed by atoms with Crippen molar-refractivity contribution >= 4 is 6.08 Å². The molecule has 0 bridgehead atoms. The second kappa shape index (κ2) is 4.14. The summed E-state index contributed by atoms with van der Waals surface area (Å²) in [6.07, 6.45) is 2.21. The molecule has 0 saturated heterocycles. The van der Waals surface area contributed by atoms with E-state index in [0.29, 0.717) is 0 Å². The number of aliphatic hydroxyl groups is 1. The van der Waals surface area contributed by atoms with Gasteiger partial charge in [-0.3, -0.25) is 0 Å². The quantitative estimate of drug-likeness (QED) is 0.748. The molecule has 1 aromatic carbocycles. The molecule has 1 nitrogen and oxygen atoms in total. The Labute approximate surface area is 75.3 Å². The fourth-order valence-electron chi connectivity index (χ4n) is 0.880. The molecule has 0 aliphatic heterocycles. The third kappa shape index (κ3) is 2.95. The van der Waals surface area contributed by atoms with Crippen LogP contribution in [0, 0.1) is 11.6 Å². The minimum absolute atomic E-state index is 0.266. The molecule has 1 atom stereocenters. The number of hydrogen-bond donors (Lipinski definition) is 1. The number of hydrogen-bond acceptors (Lipinski definition) is 1. The molecule has 0 saturated carbocycles. The van der Waals surface area contributed by atoms with E-state index in [1.165, 1.54) is 24.3 Å². The van der Waals surface area contributed by atoms with Crippen LogP contribution in [0.15, 0.2) is 24.3 Å². The van der Waals surface area contributed by atoms with Crippen LogP contribution >= 0.6 is 0 Å². The van der Waals surface area contributed by atoms with E-state index in [-0.39, 0.29) is 5.56 Å². The van der Waals surface area contributed by atoms with Gasteiger partial charge >= 0.3 is 0 Å². The maximum atomic E-state index is 12.9. The van der Waals surface area contributed by atoms with Crippen LogP contribution in [-0.2, 0) is 0 Å². The third-order valence-corrected chi connectivity index (χ3v) is 1.52. The van der Waals surface area contributed by atoms with Gasteiger partial charge in [-0.1, -0.05) is 12.2 Å². The number of benzene rings is 1. The lowest BCUT2D eigenvalue weighted by molar-refractivity contribution is 0.245. The van der Waals surface area contributed by atoms with Crippen molar-refractivity contribution in [2.45, 2.75) is 13.0 Å². The SMILES string of the molecule is CC(O)/C=C/c1ccc(F)cc1F. The van der Waals surface area contributed by atoms with E-state index < -0.39 is 17.7 Å². The van der Waals surface area contributed by atoms with Gasteiger partial charge in [-0.05, 0) is 19.1 Å². The van der Waals surface area contributed by atoms with Gasteiger partial charge in [0.1, 0.15) is 11.6 Å². The van der Waals surface area contributed by atoms with Crippen LogP contribution in [0.2, 0.25) is 0 Å². The molecule has 1 aromatic rings. The minimum atomic E-state index is -0.635. The van der Waals surface area contributed by atoms with Crippen LogP contribution in [0.3, 0.4) is 0 Å². The summed E-state index contributed by atoms with van der Waals surface area (Å²) in [7, 11) is 0. The lowest BCUT2D eigenvalue weighted by Crippen LogP contribution is -1.92. The van der Waals surface area contributed by atoms with Crippen molar-refractivity contribution in [3.63, 3.8) is 0 Å². The average molecular weight is 184 g/mol. The minimum Gasteiger partial charge on any atom is -0.389 e. The highest BCUT2D eigenvalue weighted by Gasteiger charge is 1.99. The molecule has 0 aliphatic carbocycles. The third-order valence-electron chi connectivity index (χ3n) is 1.52. The van der Waals surface area contributed by atoms with E-state index in [9.17, 15) is 8.78 Å². The van der Waals surface area contributed by atoms with Crippen molar-refractivity contribution in [1.29, 1.82) is 0 Å². The summed E-state index contributed by atoms with van der Waals surface area (Å²) in [6.45, 7) is 1.55. The van der Waals surface area contributed by atoms with E-state index in [1.54, 1.807) is 6.92 Å². The molecule has 0 radical (unpaired) electrons. The Balaban J connectivity index is 2.90. The van der Waals surface area contributed by atoms with Crippen LogP contribution in [0.5, 0.6) is 0 Å². The first-order valence-electron chi connectivity index (χ1n) is 3.91. The maximum absolute atomic E-state index is 12.9. The molecular formula is C10H10F2O. The number of rotatable bonds is 2. The van der Waals surface area contributed by atoms with Gasteiger partial charge in [-0.25, -0.2) is 8.78 Å². The van der Waals surface area contributed by atoms with E-state index in [4.69, 9.17) is 5.11 Å². The van der Waals surface area contributed by atoms with Crippen molar-refractivity contribution in [3.05, 3.63) is 41.5 Å². The van der Waals surface area contributed by atoms with Gasteiger partial charge < -0.3 is 5.11 Å². The van der Waals surface area contributed by atoms with Gasteiger partial charge in [0.15, 0.2) is 0 Å². The molecule has 70 valence electrons. The van der Waals surface area contributed by atoms with Crippen LogP contribution in [-0.4, -0.2) is 11.2 Å². The van der Waals surface area contributed by atoms with Crippen molar-refractivity contribution < 1.29 is 13.9 Å². The Morgan fingerprint density at radius 2 is 2.08 bits per heavy atom. The second-order valence-electron chi connectivity index (χ2n) is 2.77. The van der Waals surface area contributed by atoms with Gasteiger partial charge in [0.05, 0.1) is 6.10 Å². The van der Waals surface area contributed by atoms with Gasteiger partial charge in [0.2, 0.25) is 0 Å². The fourth-order valence-corrected chi connectivity index (χ4v) is 0.880. The van der Waals surface area contributed by atoms with Gasteiger partial charge in [-0.15, -0.1) is 0 Å². The normalized spacial score (nSPS) is 13.5. The van der Waals surface area contributed by atoms with Gasteiger partial charge in [0, 0.05) is 11.6 Å². The Morgan fingerprint density at radius 3 is 2.62 bits per heavy atom. The van der Waals surface area contributed by atoms with E-state index >= 15 is 0 Å². The Morgan fingerprint density at radius 1 is 1.38 bits per heavy atom. The van der Waals surface area contributed by atoms with Crippen molar-refractivity contribution in [3.8, 4) is 0 Å². The largest absolute Gasteiger partial charge is 0.389 e. The molecule has 1 N–H and O–H groups in total. The zero-order chi connectivity index (χ0) is 9.84. The lowest BCUT2D eigenvalue weighted by atomic mass is 10.2. The molecule has 0 aliphatic rings. The van der Waals surface area contributed by atoms with Crippen LogP contribution < -0.4 is 0 Å². The summed E-state index contributed by atoms with van der Waals surface area (Å²) < 4.78 is 25.4. The molecule has 1 unspecified atom stereocenters. The summed E-state index contributed by atoms with van der Waals surface area (Å²) >= 11 is 0. The molecular weight excluding hydrogens is 174 g/mol. The first-order chi connectivity index (χ1) is 6.09. The molecule has 0 aromatic heterocycles. The van der Waals surface area contributed by atoms with E-state index in [0.717, 1.165) is 6.07 Å². The molecule has 0 fully saturated rings. The predicted molar refractivity (Wildman–Crippen MR) is 47.1 cm³/mol. The topological polar surface area (TPSA) is 20.2 Å². The monoisotopic (exact) mass is 184 g/mol. The van der Waals surface area contributed by atoms with Gasteiger partial charge in [-0.2, -0.15) is 0 Å². The average Bonchev–Trinajstić information content (AvgIpc) is 2.02. The summed E-state index contributed by atoms with van der Waals surface area (Å²) in [6, 6.07) is 3.30. The standard InChI is InChI=1S/C10H10F2O/c1-7(13)2-3-8-4-5-9(11)6-10(8)12/h2-7,13H,1H3/b3-2+. The molecule has 1 rings (SSSR count).